The van der Waals surface area contributed by atoms with Gasteiger partial charge in [0.15, 0.2) is 0 Å². The first kappa shape index (κ1) is 30.3. The molecule has 2 fully saturated rings. The zero-order valence-corrected chi connectivity index (χ0v) is 25.7. The Hall–Kier alpha value is -1.66. The first-order valence-corrected chi connectivity index (χ1v) is 15.1. The van der Waals surface area contributed by atoms with Gasteiger partial charge in [0.2, 0.25) is 0 Å². The van der Waals surface area contributed by atoms with Gasteiger partial charge in [-0.3, -0.25) is 4.79 Å². The number of methoxy groups -OCH3 is 1. The minimum atomic E-state index is -0.856. The van der Waals surface area contributed by atoms with E-state index < -0.39 is 12.1 Å². The third-order valence-electron chi connectivity index (χ3n) is 12.5. The van der Waals surface area contributed by atoms with Crippen LogP contribution in [0, 0.1) is 39.4 Å². The number of hydrogen-bond acceptors (Lipinski definition) is 5. The van der Waals surface area contributed by atoms with E-state index >= 15 is 0 Å². The van der Waals surface area contributed by atoms with Gasteiger partial charge < -0.3 is 19.7 Å². The summed E-state index contributed by atoms with van der Waals surface area (Å²) in [5, 5.41) is 21.1. The van der Waals surface area contributed by atoms with Crippen LogP contribution < -0.4 is 0 Å². The number of ether oxygens (including phenoxy) is 2. The van der Waals surface area contributed by atoms with Crippen LogP contribution in [0.2, 0.25) is 0 Å². The molecule has 0 aliphatic heterocycles. The lowest BCUT2D eigenvalue weighted by molar-refractivity contribution is -0.171. The van der Waals surface area contributed by atoms with Gasteiger partial charge in [0.25, 0.3) is 0 Å². The Kier molecular flexibility index (Phi) is 8.01. The number of esters is 1. The fourth-order valence-corrected chi connectivity index (χ4v) is 10.0. The van der Waals surface area contributed by atoms with Gasteiger partial charge in [-0.05, 0) is 92.4 Å². The highest BCUT2D eigenvalue weighted by molar-refractivity contribution is 5.85. The number of aliphatic hydroxyl groups excluding tert-OH is 1. The molecule has 0 aromatic carbocycles. The molecule has 9 atom stereocenters. The summed E-state index contributed by atoms with van der Waals surface area (Å²) >= 11 is 0. The highest BCUT2D eigenvalue weighted by atomic mass is 16.5. The predicted octanol–water partition coefficient (Wildman–Crippen LogP) is 6.71. The van der Waals surface area contributed by atoms with Gasteiger partial charge in [-0.15, -0.1) is 0 Å². The minimum absolute atomic E-state index is 0.0164. The predicted molar refractivity (Wildman–Crippen MR) is 152 cm³/mol. The third kappa shape index (κ3) is 4.52. The van der Waals surface area contributed by atoms with E-state index in [1.807, 2.05) is 13.2 Å². The number of aliphatic hydroxyl groups is 1. The van der Waals surface area contributed by atoms with Crippen molar-refractivity contribution in [2.75, 3.05) is 7.11 Å². The average molecular weight is 545 g/mol. The molecule has 0 radical (unpaired) electrons. The van der Waals surface area contributed by atoms with Gasteiger partial charge in [0.05, 0.1) is 12.2 Å². The fourth-order valence-electron chi connectivity index (χ4n) is 10.0. The Morgan fingerprint density at radius 2 is 1.77 bits per heavy atom. The molecule has 4 aliphatic rings. The topological polar surface area (TPSA) is 93.1 Å². The average Bonchev–Trinajstić information content (AvgIpc) is 3.06. The summed E-state index contributed by atoms with van der Waals surface area (Å²) in [4.78, 5) is 23.2. The summed E-state index contributed by atoms with van der Waals surface area (Å²) in [5.41, 5.74) is 2.60. The molecule has 0 aromatic heterocycles. The van der Waals surface area contributed by atoms with Crippen LogP contribution in [-0.2, 0) is 19.1 Å². The van der Waals surface area contributed by atoms with Crippen molar-refractivity contribution in [3.8, 4) is 0 Å². The van der Waals surface area contributed by atoms with Crippen LogP contribution in [0.25, 0.3) is 0 Å². The van der Waals surface area contributed by atoms with Crippen molar-refractivity contribution >= 4 is 11.9 Å². The highest BCUT2D eigenvalue weighted by Gasteiger charge is 2.68. The van der Waals surface area contributed by atoms with E-state index in [0.717, 1.165) is 51.4 Å². The maximum Gasteiger partial charge on any atom is 0.330 e. The second kappa shape index (κ2) is 10.3. The Bertz CT molecular complexity index is 1060. The lowest BCUT2D eigenvalue weighted by Gasteiger charge is -2.63. The molecule has 0 heterocycles. The maximum atomic E-state index is 11.9. The smallest absolute Gasteiger partial charge is 0.330 e. The van der Waals surface area contributed by atoms with E-state index in [0.29, 0.717) is 23.3 Å². The van der Waals surface area contributed by atoms with Crippen molar-refractivity contribution in [2.24, 2.45) is 39.4 Å². The molecule has 4 rings (SSSR count). The zero-order chi connectivity index (χ0) is 29.1. The number of aliphatic carboxylic acids is 1. The number of carbonyl (C=O) groups excluding carboxylic acids is 1. The molecule has 0 spiro atoms. The molecule has 4 aliphatic carbocycles. The van der Waals surface area contributed by atoms with E-state index in [9.17, 15) is 19.8 Å². The van der Waals surface area contributed by atoms with Crippen LogP contribution in [0.5, 0.6) is 0 Å². The van der Waals surface area contributed by atoms with Crippen LogP contribution in [-0.4, -0.2) is 47.6 Å². The molecule has 6 nitrogen and oxygen atoms in total. The van der Waals surface area contributed by atoms with Crippen molar-refractivity contribution in [1.82, 2.24) is 0 Å². The summed E-state index contributed by atoms with van der Waals surface area (Å²) in [7, 11) is 1.81. The van der Waals surface area contributed by atoms with Gasteiger partial charge >= 0.3 is 11.9 Å². The van der Waals surface area contributed by atoms with Gasteiger partial charge in [-0.25, -0.2) is 4.79 Å². The number of carbonyl (C=O) groups is 2. The number of carboxylic acid groups (broad SMARTS) is 1. The molecule has 0 unspecified atom stereocenters. The molecule has 220 valence electrons. The Balaban J connectivity index is 1.71. The standard InChI is InChI=1S/C33H52O6/c1-19(11-10-12-20(2)29(36)37)23-17-26(35)33(8)28-22(13-16-32(23,33)7)31(6)15-14-27(39-21(3)34)30(4,5)25(31)18-24(28)38-9/h12,19,23-27,35H,10-11,13-18H2,1-9H3,(H,36,37)/b20-12+/t19-,23-,24-,25-,26+,27-,31-,32-,33+/m1/s1. The maximum absolute atomic E-state index is 11.9. The highest BCUT2D eigenvalue weighted by Crippen LogP contribution is 2.72. The van der Waals surface area contributed by atoms with Crippen molar-refractivity contribution in [1.29, 1.82) is 0 Å². The zero-order valence-electron chi connectivity index (χ0n) is 25.7. The molecule has 0 aromatic rings. The summed E-state index contributed by atoms with van der Waals surface area (Å²) in [5.74, 6) is -0.0245. The summed E-state index contributed by atoms with van der Waals surface area (Å²) in [6.07, 6.45) is 8.40. The summed E-state index contributed by atoms with van der Waals surface area (Å²) in [6.45, 7) is 17.1. The number of fused-ring (bicyclic) bond motifs is 4. The lowest BCUT2D eigenvalue weighted by Crippen LogP contribution is -2.59. The molecular formula is C33H52O6. The lowest BCUT2D eigenvalue weighted by atomic mass is 9.42. The normalized spacial score (nSPS) is 42.3. The molecular weight excluding hydrogens is 492 g/mol. The second-order valence-electron chi connectivity index (χ2n) is 14.5. The number of rotatable bonds is 7. The molecule has 39 heavy (non-hydrogen) atoms. The van der Waals surface area contributed by atoms with Crippen LogP contribution in [0.1, 0.15) is 107 Å². The van der Waals surface area contributed by atoms with Crippen molar-refractivity contribution in [2.45, 2.75) is 125 Å². The van der Waals surface area contributed by atoms with Crippen LogP contribution in [0.15, 0.2) is 22.8 Å². The molecule has 0 amide bonds. The third-order valence-corrected chi connectivity index (χ3v) is 12.5. The monoisotopic (exact) mass is 544 g/mol. The largest absolute Gasteiger partial charge is 0.478 e. The van der Waals surface area contributed by atoms with Gasteiger partial charge in [0.1, 0.15) is 6.10 Å². The molecule has 0 saturated heterocycles. The first-order chi connectivity index (χ1) is 18.1. The van der Waals surface area contributed by atoms with Crippen LogP contribution >= 0.6 is 0 Å². The Labute approximate surface area is 235 Å². The van der Waals surface area contributed by atoms with E-state index in [-0.39, 0.29) is 39.8 Å². The fraction of sp³-hybridized carbons (Fsp3) is 0.818. The number of carboxylic acids is 1. The Morgan fingerprint density at radius 3 is 2.36 bits per heavy atom. The second-order valence-corrected chi connectivity index (χ2v) is 14.5. The molecule has 2 N–H and O–H groups in total. The van der Waals surface area contributed by atoms with Crippen molar-refractivity contribution in [3.63, 3.8) is 0 Å². The van der Waals surface area contributed by atoms with Crippen molar-refractivity contribution < 1.29 is 29.3 Å². The molecule has 2 saturated carbocycles. The van der Waals surface area contributed by atoms with E-state index in [1.165, 1.54) is 18.1 Å². The molecule has 6 heteroatoms. The Morgan fingerprint density at radius 1 is 1.10 bits per heavy atom. The SMILES string of the molecule is CO[C@@H]1C[C@@H]2C(C)(C)[C@H](OC(C)=O)CC[C@]2(C)C2=C1[C@]1(C)[C@@H](O)C[C@H]([C@H](C)CC/C=C(\C)C(=O)O)[C@@]1(C)CC2. The van der Waals surface area contributed by atoms with E-state index in [4.69, 9.17) is 9.47 Å². The minimum Gasteiger partial charge on any atom is -0.478 e. The number of allylic oxidation sites excluding steroid dienone is 2. The van der Waals surface area contributed by atoms with Gasteiger partial charge in [-0.1, -0.05) is 53.2 Å². The number of hydrogen-bond donors (Lipinski definition) is 2. The quantitative estimate of drug-likeness (QED) is 0.210. The molecule has 0 bridgehead atoms. The van der Waals surface area contributed by atoms with Crippen molar-refractivity contribution in [3.05, 3.63) is 22.8 Å². The first-order valence-electron chi connectivity index (χ1n) is 15.1. The van der Waals surface area contributed by atoms with E-state index in [2.05, 4.69) is 41.5 Å². The summed E-state index contributed by atoms with van der Waals surface area (Å²) in [6, 6.07) is 0. The van der Waals surface area contributed by atoms with E-state index in [1.54, 1.807) is 6.92 Å². The van der Waals surface area contributed by atoms with Gasteiger partial charge in [0, 0.05) is 30.4 Å². The van der Waals surface area contributed by atoms with Crippen LogP contribution in [0.3, 0.4) is 0 Å². The summed E-state index contributed by atoms with van der Waals surface area (Å²) < 4.78 is 12.2. The van der Waals surface area contributed by atoms with Crippen LogP contribution in [0.4, 0.5) is 0 Å². The van der Waals surface area contributed by atoms with Gasteiger partial charge in [-0.2, -0.15) is 0 Å².